The zero-order chi connectivity index (χ0) is 17.1. The third-order valence-electron chi connectivity index (χ3n) is 3.09. The summed E-state index contributed by atoms with van der Waals surface area (Å²) in [6, 6.07) is 7.85. The fourth-order valence-electron chi connectivity index (χ4n) is 2.14. The molecule has 0 bridgehead atoms. The molecular weight excluding hydrogens is 330 g/mol. The number of aromatic amines is 1. The maximum Gasteiger partial charge on any atom is 0.509 e. The molecule has 0 spiro atoms. The first-order chi connectivity index (χ1) is 11.5. The lowest BCUT2D eigenvalue weighted by molar-refractivity contribution is 0.0310. The fourth-order valence-corrected chi connectivity index (χ4v) is 2.76. The Bertz CT molecular complexity index is 843. The lowest BCUT2D eigenvalue weighted by atomic mass is 10.2. The van der Waals surface area contributed by atoms with Crippen LogP contribution in [-0.2, 0) is 9.47 Å². The molecule has 3 rings (SSSR count). The van der Waals surface area contributed by atoms with Gasteiger partial charge < -0.3 is 18.9 Å². The molecule has 2 heterocycles. The Morgan fingerprint density at radius 1 is 1.21 bits per heavy atom. The quantitative estimate of drug-likeness (QED) is 0.420. The van der Waals surface area contributed by atoms with Crippen LogP contribution in [0.1, 0.15) is 20.8 Å². The molecule has 0 amide bonds. The number of H-pyrrole nitrogens is 1. The van der Waals surface area contributed by atoms with Gasteiger partial charge in [0.05, 0.1) is 11.7 Å². The molecule has 7 nitrogen and oxygen atoms in total. The van der Waals surface area contributed by atoms with Gasteiger partial charge in [0, 0.05) is 17.1 Å². The summed E-state index contributed by atoms with van der Waals surface area (Å²) in [5.74, 6) is 0.409. The summed E-state index contributed by atoms with van der Waals surface area (Å²) in [5, 5.41) is 9.37. The van der Waals surface area contributed by atoms with Crippen LogP contribution in [-0.4, -0.2) is 32.9 Å². The molecule has 0 aliphatic carbocycles. The molecule has 2 aromatic heterocycles. The molecule has 0 saturated carbocycles. The molecular formula is C16H17N3O4S. The molecule has 0 saturated heterocycles. The Morgan fingerprint density at radius 2 is 2.00 bits per heavy atom. The van der Waals surface area contributed by atoms with Crippen molar-refractivity contribution in [1.29, 1.82) is 0 Å². The number of benzene rings is 1. The van der Waals surface area contributed by atoms with Gasteiger partial charge in [-0.1, -0.05) is 18.2 Å². The van der Waals surface area contributed by atoms with Crippen LogP contribution in [0.25, 0.3) is 22.4 Å². The van der Waals surface area contributed by atoms with E-state index in [1.807, 2.05) is 30.5 Å². The predicted molar refractivity (Wildman–Crippen MR) is 89.6 cm³/mol. The first kappa shape index (κ1) is 16.4. The molecule has 1 aromatic carbocycles. The number of nitrogens with zero attached hydrogens (tertiary/aromatic N) is 2. The number of hydrogen-bond donors (Lipinski definition) is 1. The highest BCUT2D eigenvalue weighted by molar-refractivity contribution is 7.99. The van der Waals surface area contributed by atoms with Crippen molar-refractivity contribution >= 4 is 28.8 Å². The molecule has 1 N–H and O–H groups in total. The fraction of sp³-hybridized carbons (Fsp3) is 0.312. The summed E-state index contributed by atoms with van der Waals surface area (Å²) < 4.78 is 15.7. The average Bonchev–Trinajstić information content (AvgIpc) is 3.12. The Morgan fingerprint density at radius 3 is 2.79 bits per heavy atom. The Balaban J connectivity index is 1.68. The highest BCUT2D eigenvalue weighted by atomic mass is 32.2. The van der Waals surface area contributed by atoms with Gasteiger partial charge in [0.1, 0.15) is 0 Å². The molecule has 0 aliphatic rings. The van der Waals surface area contributed by atoms with E-state index in [0.717, 1.165) is 28.2 Å². The van der Waals surface area contributed by atoms with Crippen molar-refractivity contribution in [3.63, 3.8) is 0 Å². The molecule has 0 aliphatic heterocycles. The van der Waals surface area contributed by atoms with Crippen molar-refractivity contribution < 1.29 is 18.7 Å². The number of thioether (sulfide) groups is 1. The van der Waals surface area contributed by atoms with E-state index in [4.69, 9.17) is 13.9 Å². The zero-order valence-electron chi connectivity index (χ0n) is 13.5. The SMILES string of the molecule is CC(C)OC(=O)O[C@@H](C)Sc1nnc(-c2c[nH]c3ccccc23)o1. The van der Waals surface area contributed by atoms with E-state index in [1.165, 1.54) is 0 Å². The van der Waals surface area contributed by atoms with Gasteiger partial charge in [-0.25, -0.2) is 4.79 Å². The summed E-state index contributed by atoms with van der Waals surface area (Å²) in [7, 11) is 0. The van der Waals surface area contributed by atoms with Gasteiger partial charge in [0.15, 0.2) is 5.44 Å². The maximum absolute atomic E-state index is 11.5. The van der Waals surface area contributed by atoms with Crippen LogP contribution in [0, 0.1) is 0 Å². The number of carbonyl (C=O) groups is 1. The number of rotatable bonds is 5. The molecule has 8 heteroatoms. The molecule has 126 valence electrons. The van der Waals surface area contributed by atoms with Gasteiger partial charge >= 0.3 is 6.16 Å². The lowest BCUT2D eigenvalue weighted by Gasteiger charge is -2.12. The Labute approximate surface area is 142 Å². The third-order valence-corrected chi connectivity index (χ3v) is 3.88. The summed E-state index contributed by atoms with van der Waals surface area (Å²) in [4.78, 5) is 14.6. The average molecular weight is 347 g/mol. The van der Waals surface area contributed by atoms with Crippen molar-refractivity contribution in [2.75, 3.05) is 0 Å². The van der Waals surface area contributed by atoms with Crippen LogP contribution in [0.3, 0.4) is 0 Å². The van der Waals surface area contributed by atoms with E-state index in [9.17, 15) is 4.79 Å². The highest BCUT2D eigenvalue weighted by Crippen LogP contribution is 2.30. The summed E-state index contributed by atoms with van der Waals surface area (Å²) in [6.07, 6.45) is 0.875. The minimum Gasteiger partial charge on any atom is -0.432 e. The first-order valence-electron chi connectivity index (χ1n) is 7.47. The summed E-state index contributed by atoms with van der Waals surface area (Å²) in [5.41, 5.74) is 1.32. The number of aromatic nitrogens is 3. The van der Waals surface area contributed by atoms with Crippen LogP contribution in [0.15, 0.2) is 40.1 Å². The second-order valence-corrected chi connectivity index (χ2v) is 6.59. The standard InChI is InChI=1S/C16H17N3O4S/c1-9(2)21-16(20)22-10(3)24-15-19-18-14(23-15)12-8-17-13-7-5-4-6-11(12)13/h4-10,17H,1-3H3/t10-/m1/s1. The van der Waals surface area contributed by atoms with E-state index in [-0.39, 0.29) is 6.10 Å². The zero-order valence-corrected chi connectivity index (χ0v) is 14.3. The normalized spacial score (nSPS) is 12.5. The maximum atomic E-state index is 11.5. The van der Waals surface area contributed by atoms with Crippen molar-refractivity contribution in [2.24, 2.45) is 0 Å². The number of ether oxygens (including phenoxy) is 2. The van der Waals surface area contributed by atoms with E-state index < -0.39 is 11.6 Å². The molecule has 3 aromatic rings. The summed E-state index contributed by atoms with van der Waals surface area (Å²) in [6.45, 7) is 5.22. The molecule has 0 radical (unpaired) electrons. The molecule has 0 unspecified atom stereocenters. The lowest BCUT2D eigenvalue weighted by Crippen LogP contribution is -2.17. The van der Waals surface area contributed by atoms with Crippen molar-refractivity contribution in [2.45, 2.75) is 37.5 Å². The van der Waals surface area contributed by atoms with Crippen molar-refractivity contribution in [3.8, 4) is 11.5 Å². The number of hydrogen-bond acceptors (Lipinski definition) is 7. The molecule has 1 atom stereocenters. The van der Waals surface area contributed by atoms with Gasteiger partial charge in [-0.3, -0.25) is 0 Å². The smallest absolute Gasteiger partial charge is 0.432 e. The Kier molecular flexibility index (Phi) is 4.75. The van der Waals surface area contributed by atoms with Gasteiger partial charge in [0.25, 0.3) is 11.1 Å². The minimum atomic E-state index is -0.721. The number of fused-ring (bicyclic) bond motifs is 1. The second kappa shape index (κ2) is 6.96. The highest BCUT2D eigenvalue weighted by Gasteiger charge is 2.18. The number of para-hydroxylation sites is 1. The van der Waals surface area contributed by atoms with Crippen LogP contribution < -0.4 is 0 Å². The second-order valence-electron chi connectivity index (χ2n) is 5.34. The summed E-state index contributed by atoms with van der Waals surface area (Å²) >= 11 is 1.15. The van der Waals surface area contributed by atoms with Crippen LogP contribution in [0.5, 0.6) is 0 Å². The largest absolute Gasteiger partial charge is 0.509 e. The minimum absolute atomic E-state index is 0.230. The predicted octanol–water partition coefficient (Wildman–Crippen LogP) is 4.22. The first-order valence-corrected chi connectivity index (χ1v) is 8.35. The third kappa shape index (κ3) is 3.70. The topological polar surface area (TPSA) is 90.2 Å². The van der Waals surface area contributed by atoms with Crippen LogP contribution in [0.2, 0.25) is 0 Å². The molecule has 0 fully saturated rings. The van der Waals surface area contributed by atoms with Gasteiger partial charge in [-0.2, -0.15) is 0 Å². The van der Waals surface area contributed by atoms with E-state index >= 15 is 0 Å². The van der Waals surface area contributed by atoms with Crippen molar-refractivity contribution in [3.05, 3.63) is 30.5 Å². The molecule has 24 heavy (non-hydrogen) atoms. The van der Waals surface area contributed by atoms with Crippen molar-refractivity contribution in [1.82, 2.24) is 15.2 Å². The van der Waals surface area contributed by atoms with E-state index in [0.29, 0.717) is 11.1 Å². The number of nitrogens with one attached hydrogen (secondary N) is 1. The van der Waals surface area contributed by atoms with Gasteiger partial charge in [-0.05, 0) is 38.6 Å². The van der Waals surface area contributed by atoms with Crippen LogP contribution in [0.4, 0.5) is 4.79 Å². The monoisotopic (exact) mass is 347 g/mol. The number of carbonyl (C=O) groups excluding carboxylic acids is 1. The van der Waals surface area contributed by atoms with E-state index in [1.54, 1.807) is 20.8 Å². The van der Waals surface area contributed by atoms with E-state index in [2.05, 4.69) is 15.2 Å². The van der Waals surface area contributed by atoms with Crippen LogP contribution >= 0.6 is 11.8 Å². The van der Waals surface area contributed by atoms with Gasteiger partial charge in [0.2, 0.25) is 0 Å². The Hall–Kier alpha value is -2.48. The van der Waals surface area contributed by atoms with Gasteiger partial charge in [-0.15, -0.1) is 10.2 Å².